The number of phenols is 1. The minimum atomic E-state index is -0.877. The number of likely N-dealkylation sites (tertiary alicyclic amines) is 1. The predicted octanol–water partition coefficient (Wildman–Crippen LogP) is 4.61. The Morgan fingerprint density at radius 3 is 2.60 bits per heavy atom. The Labute approximate surface area is 206 Å². The second-order valence-corrected chi connectivity index (χ2v) is 11.1. The van der Waals surface area contributed by atoms with Crippen molar-refractivity contribution in [2.24, 2.45) is 5.92 Å². The summed E-state index contributed by atoms with van der Waals surface area (Å²) < 4.78 is 0. The molecule has 5 nitrogen and oxygen atoms in total. The molecule has 3 aromatic rings. The van der Waals surface area contributed by atoms with Crippen LogP contribution in [0.2, 0.25) is 0 Å². The van der Waals surface area contributed by atoms with E-state index >= 15 is 0 Å². The number of nitrogens with zero attached hydrogens (tertiary/aromatic N) is 1. The lowest BCUT2D eigenvalue weighted by Gasteiger charge is -2.58. The molecule has 3 atom stereocenters. The summed E-state index contributed by atoms with van der Waals surface area (Å²) in [5.41, 5.74) is 0.273. The second kappa shape index (κ2) is 8.65. The van der Waals surface area contributed by atoms with Gasteiger partial charge < -0.3 is 20.4 Å². The molecule has 0 unspecified atom stereocenters. The van der Waals surface area contributed by atoms with Crippen LogP contribution >= 0.6 is 0 Å². The Morgan fingerprint density at radius 1 is 0.971 bits per heavy atom. The quantitative estimate of drug-likeness (QED) is 0.509. The molecule has 3 aliphatic rings. The first-order valence-corrected chi connectivity index (χ1v) is 13.0. The van der Waals surface area contributed by atoms with Gasteiger partial charge in [0.15, 0.2) is 0 Å². The number of phenolic OH excluding ortho intramolecular Hbond substituents is 1. The lowest BCUT2D eigenvalue weighted by Crippen LogP contribution is -2.67. The topological polar surface area (TPSA) is 72.8 Å². The lowest BCUT2D eigenvalue weighted by atomic mass is 9.55. The van der Waals surface area contributed by atoms with Crippen molar-refractivity contribution in [3.63, 3.8) is 0 Å². The van der Waals surface area contributed by atoms with E-state index in [0.29, 0.717) is 24.9 Å². The molecule has 6 rings (SSSR count). The van der Waals surface area contributed by atoms with Gasteiger partial charge in [-0.2, -0.15) is 0 Å². The molecule has 1 heterocycles. The van der Waals surface area contributed by atoms with E-state index in [9.17, 15) is 15.0 Å². The zero-order chi connectivity index (χ0) is 24.0. The molecule has 2 saturated carbocycles. The Kier molecular flexibility index (Phi) is 5.58. The van der Waals surface area contributed by atoms with E-state index in [-0.39, 0.29) is 17.7 Å². The highest BCUT2D eigenvalue weighted by molar-refractivity contribution is 5.98. The molecule has 3 N–H and O–H groups in total. The van der Waals surface area contributed by atoms with Gasteiger partial charge in [-0.05, 0) is 91.6 Å². The number of piperidine rings is 1. The van der Waals surface area contributed by atoms with Crippen LogP contribution in [0, 0.1) is 5.92 Å². The number of carbonyl (C=O) groups is 1. The number of nitrogens with one attached hydrogen (secondary N) is 1. The summed E-state index contributed by atoms with van der Waals surface area (Å²) in [6.45, 7) is 2.66. The van der Waals surface area contributed by atoms with Crippen LogP contribution in [-0.4, -0.2) is 52.3 Å². The number of benzene rings is 3. The first-order valence-electron chi connectivity index (χ1n) is 13.0. The van der Waals surface area contributed by atoms with Gasteiger partial charge in [-0.25, -0.2) is 0 Å². The third-order valence-corrected chi connectivity index (χ3v) is 8.69. The summed E-state index contributed by atoms with van der Waals surface area (Å²) >= 11 is 0. The Bertz CT molecular complexity index is 1260. The molecule has 1 aliphatic heterocycles. The Balaban J connectivity index is 1.26. The van der Waals surface area contributed by atoms with Crippen molar-refractivity contribution >= 4 is 16.7 Å². The predicted molar refractivity (Wildman–Crippen MR) is 138 cm³/mol. The maximum Gasteiger partial charge on any atom is 0.251 e. The van der Waals surface area contributed by atoms with Crippen molar-refractivity contribution in [1.82, 2.24) is 10.2 Å². The molecule has 182 valence electrons. The number of fused-ring (bicyclic) bond motifs is 2. The summed E-state index contributed by atoms with van der Waals surface area (Å²) in [6, 6.07) is 21.3. The molecule has 0 bridgehead atoms. The fourth-order valence-electron chi connectivity index (χ4n) is 6.61. The van der Waals surface area contributed by atoms with Crippen LogP contribution in [0.15, 0.2) is 66.7 Å². The summed E-state index contributed by atoms with van der Waals surface area (Å²) in [5, 5.41) is 27.9. The number of rotatable bonds is 5. The summed E-state index contributed by atoms with van der Waals surface area (Å²) in [6.07, 6.45) is 5.47. The van der Waals surface area contributed by atoms with Crippen LogP contribution in [0.5, 0.6) is 5.75 Å². The summed E-state index contributed by atoms with van der Waals surface area (Å²) in [7, 11) is 0. The van der Waals surface area contributed by atoms with E-state index in [1.165, 1.54) is 12.8 Å². The molecule has 1 amide bonds. The zero-order valence-electron chi connectivity index (χ0n) is 20.1. The molecule has 2 aliphatic carbocycles. The van der Waals surface area contributed by atoms with Crippen LogP contribution in [0.4, 0.5) is 0 Å². The van der Waals surface area contributed by atoms with Gasteiger partial charge in [-0.15, -0.1) is 0 Å². The third-order valence-electron chi connectivity index (χ3n) is 8.69. The minimum absolute atomic E-state index is 0.0356. The first kappa shape index (κ1) is 22.6. The number of aromatic hydroxyl groups is 1. The molecule has 0 aromatic heterocycles. The minimum Gasteiger partial charge on any atom is -0.508 e. The number of amides is 1. The molecule has 5 heteroatoms. The summed E-state index contributed by atoms with van der Waals surface area (Å²) in [4.78, 5) is 15.7. The molecule has 35 heavy (non-hydrogen) atoms. The average molecular weight is 471 g/mol. The van der Waals surface area contributed by atoms with Gasteiger partial charge in [0.1, 0.15) is 5.75 Å². The summed E-state index contributed by atoms with van der Waals surface area (Å²) in [5.74, 6) is 0.940. The fourth-order valence-corrected chi connectivity index (χ4v) is 6.61. The largest absolute Gasteiger partial charge is 0.508 e. The van der Waals surface area contributed by atoms with E-state index in [0.717, 1.165) is 48.2 Å². The standard InChI is InChI=1S/C30H34N2O3/c33-27-7-3-6-25(17-27)29-14-15-32(19-21-8-9-21)20-30(29,35)13-12-26(18-29)31-28(34)24-11-10-22-4-1-2-5-23(22)16-24/h1-7,10-11,16-17,21,26,33,35H,8-9,12-15,18-20H2,(H,31,34)/t26-,29-,30-/m0/s1. The number of hydrogen-bond acceptors (Lipinski definition) is 4. The van der Waals surface area contributed by atoms with Crippen molar-refractivity contribution in [2.75, 3.05) is 19.6 Å². The third kappa shape index (κ3) is 4.21. The van der Waals surface area contributed by atoms with Crippen molar-refractivity contribution in [3.8, 4) is 5.75 Å². The van der Waals surface area contributed by atoms with E-state index in [2.05, 4.69) is 10.2 Å². The van der Waals surface area contributed by atoms with Crippen LogP contribution in [0.25, 0.3) is 10.8 Å². The Morgan fingerprint density at radius 2 is 1.80 bits per heavy atom. The van der Waals surface area contributed by atoms with Gasteiger partial charge in [-0.3, -0.25) is 4.79 Å². The highest BCUT2D eigenvalue weighted by atomic mass is 16.3. The molecular weight excluding hydrogens is 436 g/mol. The van der Waals surface area contributed by atoms with E-state index in [1.54, 1.807) is 6.07 Å². The monoisotopic (exact) mass is 470 g/mol. The van der Waals surface area contributed by atoms with Gasteiger partial charge in [0, 0.05) is 30.1 Å². The van der Waals surface area contributed by atoms with Crippen molar-refractivity contribution < 1.29 is 15.0 Å². The zero-order valence-corrected chi connectivity index (χ0v) is 20.1. The molecule has 1 saturated heterocycles. The van der Waals surface area contributed by atoms with Crippen molar-refractivity contribution in [2.45, 2.75) is 55.6 Å². The maximum absolute atomic E-state index is 13.2. The number of hydrogen-bond donors (Lipinski definition) is 3. The van der Waals surface area contributed by atoms with Crippen molar-refractivity contribution in [1.29, 1.82) is 0 Å². The number of β-amino-alcohol motifs (C(OH)–C–C–N with tert-alkyl or cyclic N) is 1. The number of carbonyl (C=O) groups excluding carboxylic acids is 1. The van der Waals surface area contributed by atoms with Gasteiger partial charge in [0.25, 0.3) is 5.91 Å². The highest BCUT2D eigenvalue weighted by Crippen LogP contribution is 2.52. The van der Waals surface area contributed by atoms with Gasteiger partial charge in [0.2, 0.25) is 0 Å². The molecular formula is C30H34N2O3. The first-order chi connectivity index (χ1) is 16.9. The van der Waals surface area contributed by atoms with E-state index < -0.39 is 11.0 Å². The normalized spacial score (nSPS) is 29.0. The second-order valence-electron chi connectivity index (χ2n) is 11.1. The fraction of sp³-hybridized carbons (Fsp3) is 0.433. The molecule has 3 fully saturated rings. The van der Waals surface area contributed by atoms with E-state index in [4.69, 9.17) is 0 Å². The van der Waals surface area contributed by atoms with Gasteiger partial charge in [0.05, 0.1) is 5.60 Å². The average Bonchev–Trinajstić information content (AvgIpc) is 3.68. The Hall–Kier alpha value is -2.89. The van der Waals surface area contributed by atoms with Gasteiger partial charge in [-0.1, -0.05) is 42.5 Å². The van der Waals surface area contributed by atoms with Crippen LogP contribution < -0.4 is 5.32 Å². The lowest BCUT2D eigenvalue weighted by molar-refractivity contribution is -0.126. The molecule has 0 radical (unpaired) electrons. The van der Waals surface area contributed by atoms with Crippen LogP contribution in [0.1, 0.15) is 54.4 Å². The van der Waals surface area contributed by atoms with Crippen LogP contribution in [-0.2, 0) is 5.41 Å². The smallest absolute Gasteiger partial charge is 0.251 e. The molecule has 3 aromatic carbocycles. The highest BCUT2D eigenvalue weighted by Gasteiger charge is 2.57. The maximum atomic E-state index is 13.2. The SMILES string of the molecule is O=C(N[C@H]1CC[C@]2(O)CN(CC3CC3)CC[C@@]2(c2cccc(O)c2)C1)c1ccc2ccccc2c1. The van der Waals surface area contributed by atoms with Crippen molar-refractivity contribution in [3.05, 3.63) is 77.9 Å². The van der Waals surface area contributed by atoms with E-state index in [1.807, 2.05) is 60.7 Å². The van der Waals surface area contributed by atoms with Crippen LogP contribution in [0.3, 0.4) is 0 Å². The molecule has 0 spiro atoms. The number of aliphatic hydroxyl groups is 1. The van der Waals surface area contributed by atoms with Gasteiger partial charge >= 0.3 is 0 Å².